The number of anilines is 1. The second-order valence-corrected chi connectivity index (χ2v) is 9.66. The molecule has 1 aromatic carbocycles. The maximum atomic E-state index is 12.9. The van der Waals surface area contributed by atoms with Gasteiger partial charge in [0.1, 0.15) is 0 Å². The quantitative estimate of drug-likeness (QED) is 0.589. The van der Waals surface area contributed by atoms with Gasteiger partial charge in [-0.2, -0.15) is 4.31 Å². The molecular formula is C20H30N4O5S. The zero-order chi connectivity index (χ0) is 21.7. The number of rotatable bonds is 9. The van der Waals surface area contributed by atoms with Gasteiger partial charge in [0.05, 0.1) is 24.6 Å². The van der Waals surface area contributed by atoms with E-state index in [9.17, 15) is 18.0 Å². The van der Waals surface area contributed by atoms with Crippen LogP contribution in [0.2, 0.25) is 0 Å². The standard InChI is InChI=1S/C20H30N4O5S/c1-29-12-11-22(14-19(21)25)15-20(26)24-10-7-16-13-17(5-6-18(16)24)30(27,28)23-8-3-2-4-9-23/h5-6,13H,2-4,7-12,14-15H2,1H3,(H2,21,25). The van der Waals surface area contributed by atoms with Gasteiger partial charge in [-0.1, -0.05) is 6.42 Å². The summed E-state index contributed by atoms with van der Waals surface area (Å²) in [7, 11) is -1.96. The summed E-state index contributed by atoms with van der Waals surface area (Å²) >= 11 is 0. The fraction of sp³-hybridized carbons (Fsp3) is 0.600. The predicted octanol–water partition coefficient (Wildman–Crippen LogP) is 0.184. The van der Waals surface area contributed by atoms with Crippen LogP contribution in [0, 0.1) is 0 Å². The third-order valence-corrected chi connectivity index (χ3v) is 7.44. The Labute approximate surface area is 177 Å². The average molecular weight is 439 g/mol. The van der Waals surface area contributed by atoms with Crippen LogP contribution < -0.4 is 10.6 Å². The molecule has 0 bridgehead atoms. The molecule has 1 aromatic rings. The van der Waals surface area contributed by atoms with Crippen LogP contribution >= 0.6 is 0 Å². The Balaban J connectivity index is 1.73. The van der Waals surface area contributed by atoms with Crippen LogP contribution in [0.5, 0.6) is 0 Å². The highest BCUT2D eigenvalue weighted by molar-refractivity contribution is 7.89. The number of benzene rings is 1. The maximum absolute atomic E-state index is 12.9. The van der Waals surface area contributed by atoms with Crippen LogP contribution in [0.15, 0.2) is 23.1 Å². The molecule has 0 aliphatic carbocycles. The molecular weight excluding hydrogens is 408 g/mol. The van der Waals surface area contributed by atoms with Crippen LogP contribution in [-0.2, 0) is 30.8 Å². The second-order valence-electron chi connectivity index (χ2n) is 7.72. The number of hydrogen-bond acceptors (Lipinski definition) is 6. The molecule has 0 radical (unpaired) electrons. The minimum absolute atomic E-state index is 0.0250. The Morgan fingerprint density at radius 3 is 2.53 bits per heavy atom. The lowest BCUT2D eigenvalue weighted by atomic mass is 10.2. The van der Waals surface area contributed by atoms with Gasteiger partial charge in [-0.15, -0.1) is 0 Å². The van der Waals surface area contributed by atoms with Gasteiger partial charge >= 0.3 is 0 Å². The van der Waals surface area contributed by atoms with Crippen molar-refractivity contribution in [3.8, 4) is 0 Å². The van der Waals surface area contributed by atoms with E-state index in [1.165, 1.54) is 0 Å². The van der Waals surface area contributed by atoms with Crippen molar-refractivity contribution in [1.29, 1.82) is 0 Å². The summed E-state index contributed by atoms with van der Waals surface area (Å²) < 4.78 is 32.5. The van der Waals surface area contributed by atoms with Crippen LogP contribution in [0.1, 0.15) is 24.8 Å². The minimum Gasteiger partial charge on any atom is -0.383 e. The monoisotopic (exact) mass is 438 g/mol. The Bertz CT molecular complexity index is 883. The third-order valence-electron chi connectivity index (χ3n) is 5.55. The molecule has 2 N–H and O–H groups in total. The van der Waals surface area contributed by atoms with E-state index in [0.717, 1.165) is 30.5 Å². The molecule has 10 heteroatoms. The van der Waals surface area contributed by atoms with Crippen molar-refractivity contribution in [2.75, 3.05) is 57.9 Å². The summed E-state index contributed by atoms with van der Waals surface area (Å²) in [4.78, 5) is 27.7. The molecule has 2 amide bonds. The highest BCUT2D eigenvalue weighted by Gasteiger charge is 2.30. The van der Waals surface area contributed by atoms with E-state index in [-0.39, 0.29) is 23.9 Å². The zero-order valence-corrected chi connectivity index (χ0v) is 18.2. The molecule has 1 saturated heterocycles. The SMILES string of the molecule is COCCN(CC(N)=O)CC(=O)N1CCc2cc(S(=O)(=O)N3CCCCC3)ccc21. The van der Waals surface area contributed by atoms with E-state index >= 15 is 0 Å². The van der Waals surface area contributed by atoms with E-state index in [1.807, 2.05) is 0 Å². The number of hydrogen-bond donors (Lipinski definition) is 1. The van der Waals surface area contributed by atoms with E-state index in [4.69, 9.17) is 10.5 Å². The molecule has 0 aromatic heterocycles. The largest absolute Gasteiger partial charge is 0.383 e. The number of carbonyl (C=O) groups excluding carboxylic acids is 2. The molecule has 2 aliphatic rings. The van der Waals surface area contributed by atoms with Crippen LogP contribution in [-0.4, -0.2) is 82.4 Å². The van der Waals surface area contributed by atoms with Gasteiger partial charge in [0.15, 0.2) is 0 Å². The topological polar surface area (TPSA) is 113 Å². The first kappa shape index (κ1) is 22.7. The number of nitrogens with two attached hydrogens (primary N) is 1. The molecule has 0 spiro atoms. The summed E-state index contributed by atoms with van der Waals surface area (Å²) in [6.07, 6.45) is 3.43. The number of sulfonamides is 1. The molecule has 2 heterocycles. The van der Waals surface area contributed by atoms with Crippen molar-refractivity contribution in [1.82, 2.24) is 9.21 Å². The molecule has 0 unspecified atom stereocenters. The number of carbonyl (C=O) groups is 2. The van der Waals surface area contributed by atoms with Gasteiger partial charge < -0.3 is 15.4 Å². The van der Waals surface area contributed by atoms with E-state index in [2.05, 4.69) is 0 Å². The van der Waals surface area contributed by atoms with Crippen LogP contribution in [0.25, 0.3) is 0 Å². The lowest BCUT2D eigenvalue weighted by molar-refractivity contribution is -0.122. The first-order valence-corrected chi connectivity index (χ1v) is 11.7. The fourth-order valence-corrected chi connectivity index (χ4v) is 5.55. The summed E-state index contributed by atoms with van der Waals surface area (Å²) in [6.45, 7) is 2.41. The second kappa shape index (κ2) is 9.86. The number of fused-ring (bicyclic) bond motifs is 1. The summed E-state index contributed by atoms with van der Waals surface area (Å²) in [5.41, 5.74) is 6.85. The van der Waals surface area contributed by atoms with Crippen molar-refractivity contribution in [3.05, 3.63) is 23.8 Å². The summed E-state index contributed by atoms with van der Waals surface area (Å²) in [5.74, 6) is -0.661. The van der Waals surface area contributed by atoms with E-state index in [0.29, 0.717) is 39.2 Å². The third kappa shape index (κ3) is 5.18. The lowest BCUT2D eigenvalue weighted by Crippen LogP contribution is -2.44. The molecule has 3 rings (SSSR count). The predicted molar refractivity (Wildman–Crippen MR) is 113 cm³/mol. The molecule has 1 fully saturated rings. The number of nitrogens with zero attached hydrogens (tertiary/aromatic N) is 3. The minimum atomic E-state index is -3.51. The molecule has 166 valence electrons. The van der Waals surface area contributed by atoms with Gasteiger partial charge in [-0.25, -0.2) is 8.42 Å². The Kier molecular flexibility index (Phi) is 7.45. The number of ether oxygens (including phenoxy) is 1. The van der Waals surface area contributed by atoms with E-state index in [1.54, 1.807) is 39.4 Å². The summed E-state index contributed by atoms with van der Waals surface area (Å²) in [5, 5.41) is 0. The fourth-order valence-electron chi connectivity index (χ4n) is 3.98. The first-order chi connectivity index (χ1) is 14.3. The number of amides is 2. The Morgan fingerprint density at radius 1 is 1.13 bits per heavy atom. The first-order valence-electron chi connectivity index (χ1n) is 10.3. The van der Waals surface area contributed by atoms with Gasteiger partial charge in [0.2, 0.25) is 21.8 Å². The smallest absolute Gasteiger partial charge is 0.243 e. The van der Waals surface area contributed by atoms with Crippen molar-refractivity contribution in [2.24, 2.45) is 5.73 Å². The van der Waals surface area contributed by atoms with E-state index < -0.39 is 15.9 Å². The number of piperidine rings is 1. The van der Waals surface area contributed by atoms with Crippen molar-refractivity contribution in [3.63, 3.8) is 0 Å². The number of primary amides is 1. The normalized spacial score (nSPS) is 17.3. The zero-order valence-electron chi connectivity index (χ0n) is 17.4. The molecule has 2 aliphatic heterocycles. The highest BCUT2D eigenvalue weighted by atomic mass is 32.2. The van der Waals surface area contributed by atoms with Gasteiger partial charge in [0.25, 0.3) is 0 Å². The van der Waals surface area contributed by atoms with Gasteiger partial charge in [-0.3, -0.25) is 14.5 Å². The Hall–Kier alpha value is -2.01. The average Bonchev–Trinajstić information content (AvgIpc) is 3.15. The molecule has 30 heavy (non-hydrogen) atoms. The van der Waals surface area contributed by atoms with Crippen LogP contribution in [0.3, 0.4) is 0 Å². The molecule has 0 saturated carbocycles. The molecule has 9 nitrogen and oxygen atoms in total. The molecule has 0 atom stereocenters. The maximum Gasteiger partial charge on any atom is 0.243 e. The number of methoxy groups -OCH3 is 1. The van der Waals surface area contributed by atoms with Gasteiger partial charge in [0, 0.05) is 39.0 Å². The van der Waals surface area contributed by atoms with Crippen molar-refractivity contribution in [2.45, 2.75) is 30.6 Å². The highest BCUT2D eigenvalue weighted by Crippen LogP contribution is 2.32. The van der Waals surface area contributed by atoms with Crippen LogP contribution in [0.4, 0.5) is 5.69 Å². The lowest BCUT2D eigenvalue weighted by Gasteiger charge is -2.26. The Morgan fingerprint density at radius 2 is 1.87 bits per heavy atom. The van der Waals surface area contributed by atoms with Crippen molar-refractivity contribution < 1.29 is 22.7 Å². The van der Waals surface area contributed by atoms with Crippen molar-refractivity contribution >= 4 is 27.5 Å². The summed E-state index contributed by atoms with van der Waals surface area (Å²) in [6, 6.07) is 4.99. The van der Waals surface area contributed by atoms with Gasteiger partial charge in [-0.05, 0) is 43.0 Å².